The van der Waals surface area contributed by atoms with E-state index in [0.717, 1.165) is 6.54 Å². The summed E-state index contributed by atoms with van der Waals surface area (Å²) in [6, 6.07) is 3.71. The summed E-state index contributed by atoms with van der Waals surface area (Å²) < 4.78 is 0. The van der Waals surface area contributed by atoms with E-state index in [4.69, 9.17) is 0 Å². The molecule has 0 aliphatic carbocycles. The molecule has 0 saturated heterocycles. The molecule has 0 spiro atoms. The van der Waals surface area contributed by atoms with E-state index >= 15 is 0 Å². The third-order valence-corrected chi connectivity index (χ3v) is 3.09. The summed E-state index contributed by atoms with van der Waals surface area (Å²) >= 11 is 0. The van der Waals surface area contributed by atoms with Crippen molar-refractivity contribution in [3.63, 3.8) is 0 Å². The zero-order valence-corrected chi connectivity index (χ0v) is 11.4. The molecular formula is C13H23N3O. The predicted octanol–water partition coefficient (Wildman–Crippen LogP) is 1.72. The van der Waals surface area contributed by atoms with Crippen LogP contribution in [-0.2, 0) is 0 Å². The van der Waals surface area contributed by atoms with Gasteiger partial charge in [0, 0.05) is 18.8 Å². The highest BCUT2D eigenvalue weighted by atomic mass is 16.1. The Kier molecular flexibility index (Phi) is 4.34. The van der Waals surface area contributed by atoms with Gasteiger partial charge in [-0.25, -0.2) is 0 Å². The Balaban J connectivity index is 2.59. The van der Waals surface area contributed by atoms with Gasteiger partial charge in [0.05, 0.1) is 0 Å². The summed E-state index contributed by atoms with van der Waals surface area (Å²) in [5.74, 6) is -0.0469. The molecule has 1 rings (SSSR count). The van der Waals surface area contributed by atoms with Crippen LogP contribution >= 0.6 is 0 Å². The van der Waals surface area contributed by atoms with Crippen molar-refractivity contribution >= 4 is 5.91 Å². The van der Waals surface area contributed by atoms with Crippen molar-refractivity contribution in [1.82, 2.24) is 15.2 Å². The maximum Gasteiger partial charge on any atom is 0.267 e. The molecule has 0 aliphatic heterocycles. The first-order valence-corrected chi connectivity index (χ1v) is 5.92. The molecule has 0 unspecified atom stereocenters. The highest BCUT2D eigenvalue weighted by Crippen LogP contribution is 2.21. The Morgan fingerprint density at radius 2 is 2.18 bits per heavy atom. The molecule has 1 aromatic rings. The van der Waals surface area contributed by atoms with Crippen molar-refractivity contribution in [3.05, 3.63) is 24.0 Å². The number of rotatable bonds is 5. The van der Waals surface area contributed by atoms with E-state index in [9.17, 15) is 4.79 Å². The Labute approximate surface area is 103 Å². The van der Waals surface area contributed by atoms with Crippen LogP contribution < -0.4 is 5.32 Å². The van der Waals surface area contributed by atoms with E-state index in [1.165, 1.54) is 0 Å². The minimum atomic E-state index is -0.0469. The van der Waals surface area contributed by atoms with Gasteiger partial charge in [0.25, 0.3) is 5.91 Å². The van der Waals surface area contributed by atoms with Crippen molar-refractivity contribution in [2.75, 3.05) is 20.6 Å². The quantitative estimate of drug-likeness (QED) is 0.819. The van der Waals surface area contributed by atoms with Gasteiger partial charge in [-0.05, 0) is 38.6 Å². The number of hydrogen-bond acceptors (Lipinski definition) is 2. The number of nitrogens with zero attached hydrogens (tertiary/aromatic N) is 1. The predicted molar refractivity (Wildman–Crippen MR) is 70.1 cm³/mol. The van der Waals surface area contributed by atoms with Gasteiger partial charge in [-0.1, -0.05) is 13.8 Å². The van der Waals surface area contributed by atoms with Crippen molar-refractivity contribution in [3.8, 4) is 0 Å². The first kappa shape index (κ1) is 13.8. The van der Waals surface area contributed by atoms with Crippen LogP contribution in [0.1, 0.15) is 31.3 Å². The van der Waals surface area contributed by atoms with Crippen LogP contribution in [0.3, 0.4) is 0 Å². The number of nitrogens with one attached hydrogen (secondary N) is 2. The smallest absolute Gasteiger partial charge is 0.267 e. The minimum absolute atomic E-state index is 0.0335. The van der Waals surface area contributed by atoms with E-state index in [2.05, 4.69) is 29.0 Å². The topological polar surface area (TPSA) is 48.1 Å². The zero-order chi connectivity index (χ0) is 13.1. The lowest BCUT2D eigenvalue weighted by Gasteiger charge is -2.34. The highest BCUT2D eigenvalue weighted by Gasteiger charge is 2.28. The summed E-state index contributed by atoms with van der Waals surface area (Å²) in [6.07, 6.45) is 1.75. The second-order valence-electron chi connectivity index (χ2n) is 5.51. The van der Waals surface area contributed by atoms with Gasteiger partial charge in [0.2, 0.25) is 0 Å². The third-order valence-electron chi connectivity index (χ3n) is 3.09. The zero-order valence-electron chi connectivity index (χ0n) is 11.4. The SMILES string of the molecule is C[C@H](NC(=O)c1ccc[nH]1)C(C)(C)CN(C)C. The van der Waals surface area contributed by atoms with Crippen molar-refractivity contribution in [2.45, 2.75) is 26.8 Å². The normalized spacial score (nSPS) is 13.8. The lowest BCUT2D eigenvalue weighted by Crippen LogP contribution is -2.47. The average Bonchev–Trinajstić information content (AvgIpc) is 2.67. The highest BCUT2D eigenvalue weighted by molar-refractivity contribution is 5.92. The summed E-state index contributed by atoms with van der Waals surface area (Å²) in [5.41, 5.74) is 0.642. The van der Waals surface area contributed by atoms with E-state index < -0.39 is 0 Å². The second-order valence-corrected chi connectivity index (χ2v) is 5.51. The Morgan fingerprint density at radius 3 is 2.65 bits per heavy atom. The van der Waals surface area contributed by atoms with Crippen LogP contribution in [0, 0.1) is 5.41 Å². The molecule has 0 radical (unpaired) electrons. The van der Waals surface area contributed by atoms with Gasteiger partial charge in [-0.2, -0.15) is 0 Å². The van der Waals surface area contributed by atoms with Crippen LogP contribution in [0.15, 0.2) is 18.3 Å². The second kappa shape index (κ2) is 5.36. The van der Waals surface area contributed by atoms with Gasteiger partial charge in [0.15, 0.2) is 0 Å². The number of H-pyrrole nitrogens is 1. The fourth-order valence-corrected chi connectivity index (χ4v) is 1.89. The number of aromatic nitrogens is 1. The van der Waals surface area contributed by atoms with Crippen LogP contribution in [-0.4, -0.2) is 42.5 Å². The van der Waals surface area contributed by atoms with E-state index in [0.29, 0.717) is 5.69 Å². The fraction of sp³-hybridized carbons (Fsp3) is 0.615. The largest absolute Gasteiger partial charge is 0.357 e. The third kappa shape index (κ3) is 3.89. The van der Waals surface area contributed by atoms with Gasteiger partial charge >= 0.3 is 0 Å². The van der Waals surface area contributed by atoms with Crippen LogP contribution in [0.2, 0.25) is 0 Å². The number of hydrogen-bond donors (Lipinski definition) is 2. The molecule has 2 N–H and O–H groups in total. The first-order valence-electron chi connectivity index (χ1n) is 5.92. The lowest BCUT2D eigenvalue weighted by molar-refractivity contribution is 0.0881. The molecule has 1 atom stereocenters. The Morgan fingerprint density at radius 1 is 1.53 bits per heavy atom. The molecule has 0 aliphatic rings. The van der Waals surface area contributed by atoms with E-state index in [1.807, 2.05) is 27.1 Å². The molecule has 0 aromatic carbocycles. The maximum absolute atomic E-state index is 11.9. The first-order chi connectivity index (χ1) is 7.83. The number of aromatic amines is 1. The van der Waals surface area contributed by atoms with Crippen LogP contribution in [0.4, 0.5) is 0 Å². The fourth-order valence-electron chi connectivity index (χ4n) is 1.89. The van der Waals surface area contributed by atoms with E-state index in [-0.39, 0.29) is 17.4 Å². The molecule has 1 aromatic heterocycles. The average molecular weight is 237 g/mol. The standard InChI is InChI=1S/C13H23N3O/c1-10(13(2,3)9-16(4)5)15-12(17)11-7-6-8-14-11/h6-8,10,14H,9H2,1-5H3,(H,15,17)/t10-/m0/s1. The molecule has 4 nitrogen and oxygen atoms in total. The van der Waals surface area contributed by atoms with Crippen molar-refractivity contribution in [1.29, 1.82) is 0 Å². The number of carbonyl (C=O) groups is 1. The molecule has 17 heavy (non-hydrogen) atoms. The van der Waals surface area contributed by atoms with Gasteiger partial charge in [0.1, 0.15) is 5.69 Å². The van der Waals surface area contributed by atoms with Gasteiger partial charge in [-0.3, -0.25) is 4.79 Å². The Bertz CT molecular complexity index is 355. The number of carbonyl (C=O) groups excluding carboxylic acids is 1. The molecular weight excluding hydrogens is 214 g/mol. The molecule has 4 heteroatoms. The molecule has 1 amide bonds. The maximum atomic E-state index is 11.9. The molecule has 0 bridgehead atoms. The Hall–Kier alpha value is -1.29. The molecule has 0 saturated carbocycles. The van der Waals surface area contributed by atoms with Gasteiger partial charge < -0.3 is 15.2 Å². The molecule has 1 heterocycles. The van der Waals surface area contributed by atoms with Crippen LogP contribution in [0.25, 0.3) is 0 Å². The summed E-state index contributed by atoms with van der Waals surface area (Å²) in [6.45, 7) is 7.29. The van der Waals surface area contributed by atoms with E-state index in [1.54, 1.807) is 12.3 Å². The summed E-state index contributed by atoms with van der Waals surface area (Å²) in [4.78, 5) is 16.9. The van der Waals surface area contributed by atoms with Crippen LogP contribution in [0.5, 0.6) is 0 Å². The van der Waals surface area contributed by atoms with Crippen molar-refractivity contribution < 1.29 is 4.79 Å². The minimum Gasteiger partial charge on any atom is -0.357 e. The van der Waals surface area contributed by atoms with Gasteiger partial charge in [-0.15, -0.1) is 0 Å². The number of amides is 1. The lowest BCUT2D eigenvalue weighted by atomic mass is 9.85. The van der Waals surface area contributed by atoms with Crippen molar-refractivity contribution in [2.24, 2.45) is 5.41 Å². The summed E-state index contributed by atoms with van der Waals surface area (Å²) in [7, 11) is 4.09. The molecule has 0 fully saturated rings. The monoisotopic (exact) mass is 237 g/mol. The molecule has 96 valence electrons. The summed E-state index contributed by atoms with van der Waals surface area (Å²) in [5, 5.41) is 3.03.